The Labute approximate surface area is 103 Å². The fourth-order valence-corrected chi connectivity index (χ4v) is 1.52. The number of carbonyl (C=O) groups is 1. The number of rotatable bonds is 4. The quantitative estimate of drug-likeness (QED) is 0.774. The van der Waals surface area contributed by atoms with Crippen molar-refractivity contribution in [2.45, 2.75) is 13.5 Å². The highest BCUT2D eigenvalue weighted by atomic mass is 19.1. The van der Waals surface area contributed by atoms with Crippen LogP contribution in [0.2, 0.25) is 0 Å². The summed E-state index contributed by atoms with van der Waals surface area (Å²) in [6, 6.07) is 3.84. The van der Waals surface area contributed by atoms with E-state index in [1.165, 1.54) is 19.1 Å². The minimum absolute atomic E-state index is 0.180. The first-order chi connectivity index (χ1) is 8.56. The fraction of sp³-hybridized carbons (Fsp3) is 0.250. The monoisotopic (exact) mass is 249 g/mol. The first kappa shape index (κ1) is 12.2. The third-order valence-electron chi connectivity index (χ3n) is 2.35. The maximum atomic E-state index is 13.0. The summed E-state index contributed by atoms with van der Waals surface area (Å²) in [5, 5.41) is 7.61. The summed E-state index contributed by atoms with van der Waals surface area (Å²) in [6.45, 7) is 1.55. The predicted molar refractivity (Wildman–Crippen MR) is 61.7 cm³/mol. The lowest BCUT2D eigenvalue weighted by molar-refractivity contribution is 0.101. The highest BCUT2D eigenvalue weighted by Gasteiger charge is 2.10. The SMILES string of the molecule is CC(=O)c1cc(F)ccc1OCc1cn(C)nn1. The topological polar surface area (TPSA) is 57.0 Å². The van der Waals surface area contributed by atoms with E-state index in [0.29, 0.717) is 11.4 Å². The molecule has 0 unspecified atom stereocenters. The lowest BCUT2D eigenvalue weighted by Gasteiger charge is -2.08. The van der Waals surface area contributed by atoms with Gasteiger partial charge in [-0.2, -0.15) is 0 Å². The van der Waals surface area contributed by atoms with Gasteiger partial charge in [0.15, 0.2) is 5.78 Å². The third-order valence-corrected chi connectivity index (χ3v) is 2.35. The van der Waals surface area contributed by atoms with E-state index in [1.807, 2.05) is 0 Å². The van der Waals surface area contributed by atoms with Gasteiger partial charge in [-0.15, -0.1) is 5.10 Å². The van der Waals surface area contributed by atoms with Gasteiger partial charge < -0.3 is 4.74 Å². The lowest BCUT2D eigenvalue weighted by Crippen LogP contribution is -2.02. The number of aromatic nitrogens is 3. The molecule has 2 aromatic rings. The van der Waals surface area contributed by atoms with Crippen LogP contribution in [0, 0.1) is 5.82 Å². The number of benzene rings is 1. The Bertz CT molecular complexity index is 580. The molecule has 5 nitrogen and oxygen atoms in total. The zero-order chi connectivity index (χ0) is 13.1. The normalized spacial score (nSPS) is 10.4. The highest BCUT2D eigenvalue weighted by molar-refractivity contribution is 5.96. The molecule has 2 rings (SSSR count). The minimum Gasteiger partial charge on any atom is -0.486 e. The Morgan fingerprint density at radius 1 is 1.50 bits per heavy atom. The van der Waals surface area contributed by atoms with Crippen LogP contribution in [0.5, 0.6) is 5.75 Å². The fourth-order valence-electron chi connectivity index (χ4n) is 1.52. The first-order valence-corrected chi connectivity index (χ1v) is 5.35. The maximum absolute atomic E-state index is 13.0. The van der Waals surface area contributed by atoms with Crippen molar-refractivity contribution in [1.29, 1.82) is 0 Å². The summed E-state index contributed by atoms with van der Waals surface area (Å²) in [6.07, 6.45) is 1.71. The van der Waals surface area contributed by atoms with Gasteiger partial charge in [0.1, 0.15) is 23.9 Å². The van der Waals surface area contributed by atoms with Crippen LogP contribution in [-0.2, 0) is 13.7 Å². The van der Waals surface area contributed by atoms with Gasteiger partial charge in [-0.1, -0.05) is 5.21 Å². The number of halogens is 1. The van der Waals surface area contributed by atoms with Gasteiger partial charge in [-0.3, -0.25) is 9.48 Å². The van der Waals surface area contributed by atoms with Crippen LogP contribution in [0.4, 0.5) is 4.39 Å². The number of aryl methyl sites for hydroxylation is 1. The Morgan fingerprint density at radius 3 is 2.89 bits per heavy atom. The third kappa shape index (κ3) is 2.71. The van der Waals surface area contributed by atoms with Gasteiger partial charge in [0.25, 0.3) is 0 Å². The molecule has 0 N–H and O–H groups in total. The average Bonchev–Trinajstić information content (AvgIpc) is 2.73. The van der Waals surface area contributed by atoms with E-state index in [-0.39, 0.29) is 18.0 Å². The zero-order valence-corrected chi connectivity index (χ0v) is 10.1. The van der Waals surface area contributed by atoms with Crippen molar-refractivity contribution in [2.24, 2.45) is 7.05 Å². The second kappa shape index (κ2) is 4.95. The summed E-state index contributed by atoms with van der Waals surface area (Å²) in [7, 11) is 1.75. The van der Waals surface area contributed by atoms with Crippen molar-refractivity contribution in [1.82, 2.24) is 15.0 Å². The van der Waals surface area contributed by atoms with E-state index in [9.17, 15) is 9.18 Å². The summed E-state index contributed by atoms with van der Waals surface area (Å²) in [5.41, 5.74) is 0.857. The first-order valence-electron chi connectivity index (χ1n) is 5.35. The largest absolute Gasteiger partial charge is 0.486 e. The molecule has 0 amide bonds. The maximum Gasteiger partial charge on any atom is 0.163 e. The number of carbonyl (C=O) groups excluding carboxylic acids is 1. The summed E-state index contributed by atoms with van der Waals surface area (Å²) < 4.78 is 20.0. The van der Waals surface area contributed by atoms with Gasteiger partial charge in [-0.05, 0) is 25.1 Å². The molecule has 0 bridgehead atoms. The molecule has 0 aliphatic rings. The van der Waals surface area contributed by atoms with E-state index >= 15 is 0 Å². The molecule has 1 heterocycles. The second-order valence-corrected chi connectivity index (χ2v) is 3.87. The molecule has 0 saturated heterocycles. The number of ketones is 1. The Balaban J connectivity index is 2.16. The van der Waals surface area contributed by atoms with Crippen LogP contribution in [0.3, 0.4) is 0 Å². The summed E-state index contributed by atoms with van der Waals surface area (Å²) in [5.74, 6) is -0.370. The van der Waals surface area contributed by atoms with Gasteiger partial charge in [-0.25, -0.2) is 4.39 Å². The second-order valence-electron chi connectivity index (χ2n) is 3.87. The van der Waals surface area contributed by atoms with Crippen LogP contribution >= 0.6 is 0 Å². The average molecular weight is 249 g/mol. The number of hydrogen-bond donors (Lipinski definition) is 0. The number of Topliss-reactive ketones (excluding diaryl/α,β-unsaturated/α-hetero) is 1. The molecule has 1 aromatic carbocycles. The smallest absolute Gasteiger partial charge is 0.163 e. The van der Waals surface area contributed by atoms with Crippen LogP contribution in [0.25, 0.3) is 0 Å². The van der Waals surface area contributed by atoms with Gasteiger partial charge in [0, 0.05) is 7.05 Å². The van der Waals surface area contributed by atoms with E-state index in [0.717, 1.165) is 6.07 Å². The highest BCUT2D eigenvalue weighted by Crippen LogP contribution is 2.21. The molecule has 0 saturated carbocycles. The van der Waals surface area contributed by atoms with Gasteiger partial charge >= 0.3 is 0 Å². The standard InChI is InChI=1S/C12H12FN3O2/c1-8(17)11-5-9(13)3-4-12(11)18-7-10-6-16(2)15-14-10/h3-6H,7H2,1-2H3. The van der Waals surface area contributed by atoms with Gasteiger partial charge in [0.2, 0.25) is 0 Å². The van der Waals surface area contributed by atoms with Crippen molar-refractivity contribution < 1.29 is 13.9 Å². The van der Waals surface area contributed by atoms with Crippen molar-refractivity contribution in [3.05, 3.63) is 41.5 Å². The van der Waals surface area contributed by atoms with E-state index < -0.39 is 5.82 Å². The zero-order valence-electron chi connectivity index (χ0n) is 10.1. The van der Waals surface area contributed by atoms with Crippen molar-refractivity contribution in [2.75, 3.05) is 0 Å². The summed E-state index contributed by atoms with van der Waals surface area (Å²) >= 11 is 0. The van der Waals surface area contributed by atoms with Crippen molar-refractivity contribution >= 4 is 5.78 Å². The van der Waals surface area contributed by atoms with E-state index in [4.69, 9.17) is 4.74 Å². The lowest BCUT2D eigenvalue weighted by atomic mass is 10.1. The molecule has 0 atom stereocenters. The Hall–Kier alpha value is -2.24. The molecule has 1 aromatic heterocycles. The molecule has 0 spiro atoms. The minimum atomic E-state index is -0.466. The Morgan fingerprint density at radius 2 is 2.28 bits per heavy atom. The van der Waals surface area contributed by atoms with E-state index in [2.05, 4.69) is 10.3 Å². The molecule has 0 fully saturated rings. The van der Waals surface area contributed by atoms with Crippen LogP contribution < -0.4 is 4.74 Å². The Kier molecular flexibility index (Phi) is 3.36. The molecule has 94 valence electrons. The molecular weight excluding hydrogens is 237 g/mol. The summed E-state index contributed by atoms with van der Waals surface area (Å²) in [4.78, 5) is 11.4. The number of nitrogens with zero attached hydrogens (tertiary/aromatic N) is 3. The van der Waals surface area contributed by atoms with Crippen LogP contribution in [-0.4, -0.2) is 20.8 Å². The predicted octanol–water partition coefficient (Wildman–Crippen LogP) is 1.74. The molecule has 6 heteroatoms. The van der Waals surface area contributed by atoms with Crippen LogP contribution in [0.1, 0.15) is 23.0 Å². The molecule has 0 radical (unpaired) electrons. The molecule has 18 heavy (non-hydrogen) atoms. The van der Waals surface area contributed by atoms with Crippen LogP contribution in [0.15, 0.2) is 24.4 Å². The van der Waals surface area contributed by atoms with E-state index in [1.54, 1.807) is 17.9 Å². The van der Waals surface area contributed by atoms with Crippen molar-refractivity contribution in [3.63, 3.8) is 0 Å². The number of hydrogen-bond acceptors (Lipinski definition) is 4. The van der Waals surface area contributed by atoms with Gasteiger partial charge in [0.05, 0.1) is 11.8 Å². The molecule has 0 aliphatic carbocycles. The molecular formula is C12H12FN3O2. The van der Waals surface area contributed by atoms with Crippen molar-refractivity contribution in [3.8, 4) is 5.75 Å². The number of ether oxygens (including phenoxy) is 1. The molecule has 0 aliphatic heterocycles.